The first kappa shape index (κ1) is 33.0. The number of benzene rings is 5. The molecule has 1 aromatic heterocycles. The first-order chi connectivity index (χ1) is 24.5. The van der Waals surface area contributed by atoms with E-state index in [9.17, 15) is 14.7 Å². The van der Waals surface area contributed by atoms with Crippen LogP contribution >= 0.6 is 0 Å². The molecule has 1 aliphatic rings. The van der Waals surface area contributed by atoms with E-state index in [0.717, 1.165) is 27.8 Å². The second-order valence-electron chi connectivity index (χ2n) is 12.4. The van der Waals surface area contributed by atoms with Gasteiger partial charge >= 0.3 is 5.69 Å². The number of aromatic nitrogens is 2. The molecule has 0 unspecified atom stereocenters. The van der Waals surface area contributed by atoms with Crippen molar-refractivity contribution in [3.8, 4) is 5.75 Å². The van der Waals surface area contributed by atoms with Crippen molar-refractivity contribution in [1.29, 1.82) is 0 Å². The van der Waals surface area contributed by atoms with Gasteiger partial charge in [0.05, 0.1) is 12.7 Å². The maximum Gasteiger partial charge on any atom is 0.330 e. The van der Waals surface area contributed by atoms with Gasteiger partial charge in [-0.05, 0) is 39.9 Å². The molecule has 0 amide bonds. The molecule has 0 aliphatic carbocycles. The van der Waals surface area contributed by atoms with Crippen molar-refractivity contribution in [3.05, 3.63) is 206 Å². The van der Waals surface area contributed by atoms with Crippen molar-refractivity contribution < 1.29 is 19.3 Å². The zero-order valence-electron chi connectivity index (χ0n) is 27.4. The average Bonchev–Trinajstić information content (AvgIpc) is 3.53. The Morgan fingerprint density at radius 3 is 1.90 bits per heavy atom. The number of ether oxygens (including phenoxy) is 3. The van der Waals surface area contributed by atoms with Gasteiger partial charge in [0.1, 0.15) is 30.3 Å². The molecular formula is C42H38N2O6. The molecule has 5 aromatic carbocycles. The van der Waals surface area contributed by atoms with Gasteiger partial charge in [-0.3, -0.25) is 14.3 Å². The van der Waals surface area contributed by atoms with Crippen molar-refractivity contribution in [2.45, 2.75) is 43.5 Å². The van der Waals surface area contributed by atoms with Gasteiger partial charge in [0.25, 0.3) is 5.56 Å². The van der Waals surface area contributed by atoms with Gasteiger partial charge in [-0.1, -0.05) is 133 Å². The van der Waals surface area contributed by atoms with Gasteiger partial charge < -0.3 is 19.3 Å². The summed E-state index contributed by atoms with van der Waals surface area (Å²) < 4.78 is 20.6. The molecule has 8 heteroatoms. The van der Waals surface area contributed by atoms with Gasteiger partial charge in [0.2, 0.25) is 0 Å². The third-order valence-corrected chi connectivity index (χ3v) is 9.10. The number of hydrogen-bond acceptors (Lipinski definition) is 6. The van der Waals surface area contributed by atoms with E-state index in [1.54, 1.807) is 0 Å². The lowest BCUT2D eigenvalue weighted by molar-refractivity contribution is -0.0944. The molecule has 1 aliphatic heterocycles. The molecule has 1 fully saturated rings. The van der Waals surface area contributed by atoms with Crippen LogP contribution in [-0.2, 0) is 28.1 Å². The Morgan fingerprint density at radius 2 is 1.30 bits per heavy atom. The minimum atomic E-state index is -0.994. The van der Waals surface area contributed by atoms with Crippen LogP contribution in [0.5, 0.6) is 5.75 Å². The van der Waals surface area contributed by atoms with Gasteiger partial charge in [-0.15, -0.1) is 0 Å². The Balaban J connectivity index is 1.11. The van der Waals surface area contributed by atoms with E-state index in [4.69, 9.17) is 14.2 Å². The molecule has 7 rings (SSSR count). The molecule has 8 nitrogen and oxygen atoms in total. The molecule has 0 saturated carbocycles. The summed E-state index contributed by atoms with van der Waals surface area (Å²) in [5.41, 5.74) is 3.00. The lowest BCUT2D eigenvalue weighted by Crippen LogP contribution is -2.38. The zero-order chi connectivity index (χ0) is 34.3. The van der Waals surface area contributed by atoms with Crippen LogP contribution in [-0.4, -0.2) is 33.5 Å². The molecule has 0 spiro atoms. The van der Waals surface area contributed by atoms with Crippen LogP contribution in [0.3, 0.4) is 0 Å². The van der Waals surface area contributed by atoms with Gasteiger partial charge in [0.15, 0.2) is 0 Å². The average molecular weight is 667 g/mol. The third-order valence-electron chi connectivity index (χ3n) is 9.10. The lowest BCUT2D eigenvalue weighted by Gasteiger charge is -2.37. The van der Waals surface area contributed by atoms with E-state index >= 15 is 0 Å². The molecule has 50 heavy (non-hydrogen) atoms. The van der Waals surface area contributed by atoms with E-state index < -0.39 is 35.3 Å². The Labute approximate surface area is 290 Å². The predicted octanol–water partition coefficient (Wildman–Crippen LogP) is 6.36. The zero-order valence-corrected chi connectivity index (χ0v) is 27.4. The van der Waals surface area contributed by atoms with Crippen LogP contribution in [0.2, 0.25) is 0 Å². The Hall–Kier alpha value is -5.54. The number of H-pyrrole nitrogens is 1. The molecule has 252 valence electrons. The molecule has 6 aromatic rings. The standard InChI is InChI=1S/C42H38N2O6/c45-37-26-39(44-27-32(40(46)43-41(44)47)24-31-16-13-23-36(25-31)48-28-30-14-5-1-6-15-30)50-38(37)29-49-42(33-17-7-2-8-18-33,34-19-9-3-10-20-34)35-21-11-4-12-22-35/h1-23,25,27,37-39,45H,24,26,28-29H2,(H,43,46,47)/t37-,38+,39+/m0/s1. The van der Waals surface area contributed by atoms with Crippen molar-refractivity contribution >= 4 is 0 Å². The minimum absolute atomic E-state index is 0.0388. The molecule has 0 radical (unpaired) electrons. The Morgan fingerprint density at radius 1 is 0.740 bits per heavy atom. The van der Waals surface area contributed by atoms with E-state index in [1.165, 1.54) is 10.8 Å². The summed E-state index contributed by atoms with van der Waals surface area (Å²) in [7, 11) is 0. The van der Waals surface area contributed by atoms with Gasteiger partial charge in [0, 0.05) is 24.6 Å². The fourth-order valence-corrected chi connectivity index (χ4v) is 6.58. The summed E-state index contributed by atoms with van der Waals surface area (Å²) in [5, 5.41) is 11.2. The lowest BCUT2D eigenvalue weighted by atomic mass is 9.80. The predicted molar refractivity (Wildman–Crippen MR) is 191 cm³/mol. The second-order valence-corrected chi connectivity index (χ2v) is 12.4. The Kier molecular flexibility index (Phi) is 9.84. The number of rotatable bonds is 12. The second kappa shape index (κ2) is 14.9. The van der Waals surface area contributed by atoms with E-state index in [-0.39, 0.29) is 19.4 Å². The summed E-state index contributed by atoms with van der Waals surface area (Å²) in [6, 6.07) is 47.4. The Bertz CT molecular complexity index is 2020. The van der Waals surface area contributed by atoms with Crippen LogP contribution in [0.1, 0.15) is 46.0 Å². The molecule has 0 bridgehead atoms. The molecular weight excluding hydrogens is 628 g/mol. The van der Waals surface area contributed by atoms with Crippen molar-refractivity contribution in [1.82, 2.24) is 9.55 Å². The maximum absolute atomic E-state index is 13.1. The normalized spacial score (nSPS) is 17.4. The summed E-state index contributed by atoms with van der Waals surface area (Å²) in [6.07, 6.45) is -0.509. The minimum Gasteiger partial charge on any atom is -0.489 e. The van der Waals surface area contributed by atoms with Crippen LogP contribution in [0.25, 0.3) is 0 Å². The number of hydrogen-bond donors (Lipinski definition) is 2. The number of nitrogens with zero attached hydrogens (tertiary/aromatic N) is 1. The van der Waals surface area contributed by atoms with Crippen molar-refractivity contribution in [3.63, 3.8) is 0 Å². The quantitative estimate of drug-likeness (QED) is 0.147. The third kappa shape index (κ3) is 7.09. The summed E-state index contributed by atoms with van der Waals surface area (Å²) >= 11 is 0. The van der Waals surface area contributed by atoms with Crippen molar-refractivity contribution in [2.24, 2.45) is 0 Å². The fraction of sp³-hybridized carbons (Fsp3) is 0.190. The summed E-state index contributed by atoms with van der Waals surface area (Å²) in [5.74, 6) is 0.679. The highest BCUT2D eigenvalue weighted by Crippen LogP contribution is 2.41. The van der Waals surface area contributed by atoms with Crippen LogP contribution in [0.15, 0.2) is 161 Å². The topological polar surface area (TPSA) is 103 Å². The van der Waals surface area contributed by atoms with Crippen molar-refractivity contribution in [2.75, 3.05) is 6.61 Å². The number of aliphatic hydroxyl groups excluding tert-OH is 1. The molecule has 3 atom stereocenters. The van der Waals surface area contributed by atoms with E-state index in [1.807, 2.05) is 146 Å². The number of aliphatic hydroxyl groups is 1. The molecule has 2 heterocycles. The van der Waals surface area contributed by atoms with Crippen LogP contribution < -0.4 is 16.0 Å². The van der Waals surface area contributed by atoms with E-state index in [2.05, 4.69) is 4.98 Å². The van der Waals surface area contributed by atoms with E-state index in [0.29, 0.717) is 17.9 Å². The van der Waals surface area contributed by atoms with Gasteiger partial charge in [-0.2, -0.15) is 0 Å². The molecule has 2 N–H and O–H groups in total. The van der Waals surface area contributed by atoms with Crippen LogP contribution in [0, 0.1) is 0 Å². The monoisotopic (exact) mass is 666 g/mol. The molecule has 1 saturated heterocycles. The number of aromatic amines is 1. The largest absolute Gasteiger partial charge is 0.489 e. The first-order valence-corrected chi connectivity index (χ1v) is 16.7. The summed E-state index contributed by atoms with van der Waals surface area (Å²) in [4.78, 5) is 28.5. The highest BCUT2D eigenvalue weighted by atomic mass is 16.6. The smallest absolute Gasteiger partial charge is 0.330 e. The maximum atomic E-state index is 13.1. The van der Waals surface area contributed by atoms with Gasteiger partial charge in [-0.25, -0.2) is 4.79 Å². The fourth-order valence-electron chi connectivity index (χ4n) is 6.58. The first-order valence-electron chi connectivity index (χ1n) is 16.7. The highest BCUT2D eigenvalue weighted by Gasteiger charge is 2.42. The highest BCUT2D eigenvalue weighted by molar-refractivity contribution is 5.47. The SMILES string of the molecule is O=c1[nH]c(=O)n([C@H]2C[C@H](O)[C@@H](COC(c3ccccc3)(c3ccccc3)c3ccccc3)O2)cc1Cc1cccc(OCc2ccccc2)c1. The summed E-state index contributed by atoms with van der Waals surface area (Å²) in [6.45, 7) is 0.461. The number of nitrogens with one attached hydrogen (secondary N) is 1. The van der Waals surface area contributed by atoms with Crippen LogP contribution in [0.4, 0.5) is 0 Å².